The van der Waals surface area contributed by atoms with Crippen molar-refractivity contribution in [3.63, 3.8) is 0 Å². The summed E-state index contributed by atoms with van der Waals surface area (Å²) < 4.78 is 9.16. The zero-order chi connectivity index (χ0) is 19.3. The molecule has 0 unspecified atom stereocenters. The molecule has 2 aromatic heterocycles. The summed E-state index contributed by atoms with van der Waals surface area (Å²) in [5.74, 6) is 0.217. The molecule has 0 aliphatic rings. The van der Waals surface area contributed by atoms with E-state index in [0.29, 0.717) is 28.2 Å². The number of carbonyl (C=O) groups is 2. The van der Waals surface area contributed by atoms with Gasteiger partial charge in [-0.1, -0.05) is 48.2 Å². The van der Waals surface area contributed by atoms with Crippen LogP contribution in [0.25, 0.3) is 11.0 Å². The molecule has 0 saturated heterocycles. The van der Waals surface area contributed by atoms with Gasteiger partial charge in [0.15, 0.2) is 10.1 Å². The molecule has 0 bridgehead atoms. The van der Waals surface area contributed by atoms with Crippen LogP contribution in [0.1, 0.15) is 16.1 Å². The fourth-order valence-electron chi connectivity index (χ4n) is 2.54. The molecule has 4 rings (SSSR count). The van der Waals surface area contributed by atoms with Gasteiger partial charge >= 0.3 is 0 Å². The number of nitrogens with zero attached hydrogens (tertiary/aromatic N) is 3. The molecule has 1 N–H and O–H groups in total. The van der Waals surface area contributed by atoms with Crippen LogP contribution in [0.5, 0.6) is 0 Å². The van der Waals surface area contributed by atoms with E-state index in [1.165, 1.54) is 23.1 Å². The molecule has 0 radical (unpaired) electrons. The summed E-state index contributed by atoms with van der Waals surface area (Å²) in [5, 5.41) is 4.72. The van der Waals surface area contributed by atoms with Gasteiger partial charge in [-0.15, -0.1) is 11.3 Å². The summed E-state index contributed by atoms with van der Waals surface area (Å²) >= 11 is 3.94. The molecule has 2 aromatic carbocycles. The van der Waals surface area contributed by atoms with Crippen molar-refractivity contribution in [3.05, 3.63) is 65.2 Å². The number of ketones is 1. The maximum atomic E-state index is 12.4. The summed E-state index contributed by atoms with van der Waals surface area (Å²) in [5.41, 5.74) is 3.47. The van der Waals surface area contributed by atoms with Crippen molar-refractivity contribution in [1.29, 1.82) is 0 Å². The minimum Gasteiger partial charge on any atom is -0.324 e. The Morgan fingerprint density at radius 1 is 1.04 bits per heavy atom. The highest BCUT2D eigenvalue weighted by Crippen LogP contribution is 2.25. The Bertz CT molecular complexity index is 1120. The maximum absolute atomic E-state index is 12.4. The number of Topliss-reactive ketones (excluding diaryl/α,β-unsaturated/α-hetero) is 1. The third-order valence-corrected chi connectivity index (χ3v) is 6.47. The van der Waals surface area contributed by atoms with Gasteiger partial charge in [0.1, 0.15) is 11.0 Å². The van der Waals surface area contributed by atoms with Crippen molar-refractivity contribution >= 4 is 63.2 Å². The predicted molar refractivity (Wildman–Crippen MR) is 113 cm³/mol. The average Bonchev–Trinajstić information content (AvgIpc) is 3.36. The summed E-state index contributed by atoms with van der Waals surface area (Å²) in [6.07, 6.45) is 0.164. The van der Waals surface area contributed by atoms with Crippen LogP contribution in [0.2, 0.25) is 0 Å². The van der Waals surface area contributed by atoms with E-state index < -0.39 is 0 Å². The Hall–Kier alpha value is -2.62. The fraction of sp³-hybridized carbons (Fsp3) is 0.105. The molecule has 6 nitrogen and oxygen atoms in total. The molecule has 2 heterocycles. The Kier molecular flexibility index (Phi) is 5.75. The number of hydrogen-bond acceptors (Lipinski definition) is 8. The third-order valence-electron chi connectivity index (χ3n) is 3.85. The number of amides is 1. The monoisotopic (exact) mass is 426 g/mol. The second kappa shape index (κ2) is 8.59. The van der Waals surface area contributed by atoms with Crippen LogP contribution >= 0.6 is 34.8 Å². The lowest BCUT2D eigenvalue weighted by atomic mass is 10.2. The number of aromatic nitrogens is 3. The quantitative estimate of drug-likeness (QED) is 0.350. The minimum atomic E-state index is -0.164. The summed E-state index contributed by atoms with van der Waals surface area (Å²) in [4.78, 5) is 29.0. The van der Waals surface area contributed by atoms with E-state index in [2.05, 4.69) is 19.0 Å². The lowest BCUT2D eigenvalue weighted by Gasteiger charge is -2.04. The molecule has 0 atom stereocenters. The predicted octanol–water partition coefficient (Wildman–Crippen LogP) is 4.30. The van der Waals surface area contributed by atoms with Crippen molar-refractivity contribution in [2.24, 2.45) is 0 Å². The van der Waals surface area contributed by atoms with Gasteiger partial charge in [0.05, 0.1) is 35.3 Å². The van der Waals surface area contributed by atoms with Gasteiger partial charge in [-0.3, -0.25) is 9.59 Å². The van der Waals surface area contributed by atoms with Gasteiger partial charge in [0, 0.05) is 10.9 Å². The minimum absolute atomic E-state index is 0.0602. The molecule has 0 fully saturated rings. The fourth-order valence-corrected chi connectivity index (χ4v) is 4.83. The van der Waals surface area contributed by atoms with Crippen LogP contribution in [0.4, 0.5) is 5.69 Å². The first kappa shape index (κ1) is 18.7. The highest BCUT2D eigenvalue weighted by molar-refractivity contribution is 8.01. The Morgan fingerprint density at radius 2 is 1.89 bits per heavy atom. The van der Waals surface area contributed by atoms with E-state index in [1.807, 2.05) is 35.7 Å². The second-order valence-corrected chi connectivity index (χ2v) is 8.45. The standard InChI is InChI=1S/C19H14N4O2S3/c24-16(12-5-2-1-3-6-12)11-27-19-20-13(10-26-19)9-17(25)21-14-7-4-8-15-18(14)23-28-22-15/h1-8,10H,9,11H2,(H,21,25). The number of thioether (sulfide) groups is 1. The van der Waals surface area contributed by atoms with E-state index in [9.17, 15) is 9.59 Å². The molecule has 0 aliphatic heterocycles. The molecule has 140 valence electrons. The number of thiazole rings is 1. The smallest absolute Gasteiger partial charge is 0.230 e. The van der Waals surface area contributed by atoms with Crippen LogP contribution in [0.3, 0.4) is 0 Å². The lowest BCUT2D eigenvalue weighted by Crippen LogP contribution is -2.14. The molecule has 0 saturated carbocycles. The van der Waals surface area contributed by atoms with E-state index in [1.54, 1.807) is 18.2 Å². The number of hydrogen-bond donors (Lipinski definition) is 1. The molecule has 0 aliphatic carbocycles. The third kappa shape index (κ3) is 4.44. The van der Waals surface area contributed by atoms with Gasteiger partial charge in [-0.2, -0.15) is 8.75 Å². The molecule has 4 aromatic rings. The van der Waals surface area contributed by atoms with Crippen LogP contribution in [-0.4, -0.2) is 31.2 Å². The Morgan fingerprint density at radius 3 is 2.75 bits per heavy atom. The second-order valence-electron chi connectivity index (χ2n) is 5.85. The number of anilines is 1. The van der Waals surface area contributed by atoms with Gasteiger partial charge in [-0.25, -0.2) is 4.98 Å². The van der Waals surface area contributed by atoms with Crippen molar-refractivity contribution in [2.75, 3.05) is 11.1 Å². The van der Waals surface area contributed by atoms with Crippen LogP contribution in [0.15, 0.2) is 58.3 Å². The van der Waals surface area contributed by atoms with Crippen LogP contribution in [0, 0.1) is 0 Å². The van der Waals surface area contributed by atoms with Gasteiger partial charge in [0.2, 0.25) is 5.91 Å². The summed E-state index contributed by atoms with van der Waals surface area (Å²) in [6.45, 7) is 0. The van der Waals surface area contributed by atoms with Crippen molar-refractivity contribution in [1.82, 2.24) is 13.7 Å². The largest absolute Gasteiger partial charge is 0.324 e. The SMILES string of the molecule is O=C(Cc1csc(SCC(=O)c2ccccc2)n1)Nc1cccc2nsnc12. The highest BCUT2D eigenvalue weighted by Gasteiger charge is 2.13. The Labute approximate surface area is 173 Å². The number of rotatable bonds is 7. The summed E-state index contributed by atoms with van der Waals surface area (Å²) in [7, 11) is 0. The normalized spacial score (nSPS) is 10.9. The van der Waals surface area contributed by atoms with Crippen LogP contribution in [-0.2, 0) is 11.2 Å². The average molecular weight is 427 g/mol. The number of nitrogens with one attached hydrogen (secondary N) is 1. The Balaban J connectivity index is 1.33. The number of benzene rings is 2. The molecule has 1 amide bonds. The highest BCUT2D eigenvalue weighted by atomic mass is 32.2. The van der Waals surface area contributed by atoms with Gasteiger partial charge in [0.25, 0.3) is 0 Å². The summed E-state index contributed by atoms with van der Waals surface area (Å²) in [6, 6.07) is 14.7. The molecular weight excluding hydrogens is 412 g/mol. The maximum Gasteiger partial charge on any atom is 0.230 e. The first-order chi connectivity index (χ1) is 13.7. The number of fused-ring (bicyclic) bond motifs is 1. The molecule has 28 heavy (non-hydrogen) atoms. The zero-order valence-electron chi connectivity index (χ0n) is 14.5. The van der Waals surface area contributed by atoms with E-state index in [4.69, 9.17) is 0 Å². The first-order valence-electron chi connectivity index (χ1n) is 8.35. The van der Waals surface area contributed by atoms with Crippen molar-refractivity contribution in [3.8, 4) is 0 Å². The molecule has 9 heteroatoms. The van der Waals surface area contributed by atoms with Crippen LogP contribution < -0.4 is 5.32 Å². The van der Waals surface area contributed by atoms with E-state index >= 15 is 0 Å². The van der Waals surface area contributed by atoms with Crippen molar-refractivity contribution in [2.45, 2.75) is 10.8 Å². The molecular formula is C19H14N4O2S3. The van der Waals surface area contributed by atoms with Gasteiger partial charge in [-0.05, 0) is 12.1 Å². The van der Waals surface area contributed by atoms with Crippen molar-refractivity contribution < 1.29 is 9.59 Å². The van der Waals surface area contributed by atoms with E-state index in [-0.39, 0.29) is 18.1 Å². The van der Waals surface area contributed by atoms with E-state index in [0.717, 1.165) is 21.6 Å². The van der Waals surface area contributed by atoms with Gasteiger partial charge < -0.3 is 5.32 Å². The lowest BCUT2D eigenvalue weighted by molar-refractivity contribution is -0.115. The zero-order valence-corrected chi connectivity index (χ0v) is 16.9. The first-order valence-corrected chi connectivity index (χ1v) is 11.0. The molecule has 0 spiro atoms. The number of carbonyl (C=O) groups excluding carboxylic acids is 2. The topological polar surface area (TPSA) is 84.8 Å².